The van der Waals surface area contributed by atoms with Gasteiger partial charge in [-0.25, -0.2) is 9.97 Å². The first kappa shape index (κ1) is 75.0. The van der Waals surface area contributed by atoms with Gasteiger partial charge in [-0.3, -0.25) is 4.98 Å². The molecular formula is C118H76N6S3. The summed E-state index contributed by atoms with van der Waals surface area (Å²) < 4.78 is 14.7. The van der Waals surface area contributed by atoms with E-state index in [2.05, 4.69) is 445 Å². The average Bonchev–Trinajstić information content (AvgIpc) is 1.60. The molecule has 0 radical (unpaired) electrons. The van der Waals surface area contributed by atoms with Crippen LogP contribution in [0.25, 0.3) is 233 Å². The molecule has 0 amide bonds. The van der Waals surface area contributed by atoms with Crippen LogP contribution in [0.3, 0.4) is 0 Å². The van der Waals surface area contributed by atoms with Crippen molar-refractivity contribution >= 4 is 160 Å². The zero-order valence-electron chi connectivity index (χ0n) is 69.1. The van der Waals surface area contributed by atoms with E-state index in [-0.39, 0.29) is 0 Å². The highest BCUT2D eigenvalue weighted by Gasteiger charge is 2.22. The van der Waals surface area contributed by atoms with Crippen LogP contribution < -0.4 is 0 Å². The maximum Gasteiger partial charge on any atom is 0.0902 e. The Morgan fingerprint density at radius 2 is 0.543 bits per heavy atom. The molecule has 0 N–H and O–H groups in total. The van der Waals surface area contributed by atoms with Crippen molar-refractivity contribution in [1.29, 1.82) is 0 Å². The van der Waals surface area contributed by atoms with Gasteiger partial charge in [-0.05, 0) is 225 Å². The van der Waals surface area contributed by atoms with Gasteiger partial charge in [-0.15, -0.1) is 34.0 Å². The lowest BCUT2D eigenvalue weighted by Gasteiger charge is -2.12. The maximum atomic E-state index is 5.20. The fraction of sp³-hybridized carbons (Fsp3) is 0.00847. The molecule has 0 saturated heterocycles. The summed E-state index contributed by atoms with van der Waals surface area (Å²) in [5.74, 6) is 0. The fourth-order valence-electron chi connectivity index (χ4n) is 19.0. The summed E-state index contributed by atoms with van der Waals surface area (Å²) in [6.45, 7) is 2.21. The van der Waals surface area contributed by atoms with Crippen LogP contribution in [0.4, 0.5) is 0 Å². The summed E-state index contributed by atoms with van der Waals surface area (Å²) in [5, 5.41) is 11.3. The molecule has 26 rings (SSSR count). The van der Waals surface area contributed by atoms with E-state index in [0.29, 0.717) is 0 Å². The lowest BCUT2D eigenvalue weighted by atomic mass is 9.97. The molecule has 127 heavy (non-hydrogen) atoms. The van der Waals surface area contributed by atoms with Gasteiger partial charge in [-0.1, -0.05) is 285 Å². The van der Waals surface area contributed by atoms with Gasteiger partial charge in [0.2, 0.25) is 0 Å². The number of fused-ring (bicyclic) bond motifs is 18. The normalized spacial score (nSPS) is 11.7. The van der Waals surface area contributed by atoms with Gasteiger partial charge in [0.15, 0.2) is 0 Å². The van der Waals surface area contributed by atoms with E-state index in [9.17, 15) is 0 Å². The van der Waals surface area contributed by atoms with E-state index >= 15 is 0 Å². The smallest absolute Gasteiger partial charge is 0.0902 e. The SMILES string of the molecule is Cc1cc(-c2cccc(-c3cccc(-n4c5ccccc5c5ccccc54)c3)c2)cc2c1sc1cccnc12.c1ccc(-c2cc(-c3cccc(-c4cccc(-n5c6ccccc6c6ccccc65)c4)c3)c3sc4ccccc4c3n2)cc1.c1ccc(-c2ccc3sc4ccc(-c5cccc(-c6cccc(-n7c8ccccc8c8ccccc87)c6)c5)cc4c3n2)cc1. The Hall–Kier alpha value is -15.8. The molecule has 0 unspecified atom stereocenters. The number of benzene rings is 17. The molecule has 26 aromatic rings. The summed E-state index contributed by atoms with van der Waals surface area (Å²) in [4.78, 5) is 15.0. The van der Waals surface area contributed by atoms with Gasteiger partial charge < -0.3 is 13.7 Å². The number of rotatable bonds is 11. The number of thiophene rings is 3. The molecule has 9 heterocycles. The number of hydrogen-bond acceptors (Lipinski definition) is 6. The fourth-order valence-corrected chi connectivity index (χ4v) is 22.3. The Morgan fingerprint density at radius 1 is 0.197 bits per heavy atom. The minimum atomic E-state index is 0.996. The van der Waals surface area contributed by atoms with Crippen molar-refractivity contribution in [2.24, 2.45) is 0 Å². The summed E-state index contributed by atoms with van der Waals surface area (Å²) >= 11 is 5.46. The zero-order valence-corrected chi connectivity index (χ0v) is 71.5. The van der Waals surface area contributed by atoms with Crippen LogP contribution in [0.1, 0.15) is 5.56 Å². The van der Waals surface area contributed by atoms with Crippen molar-refractivity contribution in [1.82, 2.24) is 28.7 Å². The van der Waals surface area contributed by atoms with Crippen LogP contribution in [-0.4, -0.2) is 28.7 Å². The first-order valence-electron chi connectivity index (χ1n) is 43.0. The van der Waals surface area contributed by atoms with Crippen molar-refractivity contribution in [2.75, 3.05) is 0 Å². The van der Waals surface area contributed by atoms with Gasteiger partial charge in [0.1, 0.15) is 0 Å². The van der Waals surface area contributed by atoms with Crippen LogP contribution in [-0.2, 0) is 0 Å². The van der Waals surface area contributed by atoms with Gasteiger partial charge in [-0.2, -0.15) is 0 Å². The van der Waals surface area contributed by atoms with E-state index < -0.39 is 0 Å². The number of para-hydroxylation sites is 6. The molecule has 9 aromatic heterocycles. The Balaban J connectivity index is 0.000000107. The number of nitrogens with zero attached hydrogens (tertiary/aromatic N) is 6. The number of aromatic nitrogens is 6. The Bertz CT molecular complexity index is 8660. The van der Waals surface area contributed by atoms with Crippen LogP contribution in [0, 0.1) is 6.92 Å². The number of pyridine rings is 3. The average molecular weight is 1670 g/mol. The van der Waals surface area contributed by atoms with Crippen LogP contribution in [0.2, 0.25) is 0 Å². The van der Waals surface area contributed by atoms with Gasteiger partial charge in [0.05, 0.1) is 75.1 Å². The minimum Gasteiger partial charge on any atom is -0.309 e. The molecule has 9 heteroatoms. The lowest BCUT2D eigenvalue weighted by Crippen LogP contribution is -1.94. The van der Waals surface area contributed by atoms with Crippen molar-refractivity contribution in [3.63, 3.8) is 0 Å². The second kappa shape index (κ2) is 31.5. The number of aryl methyl sites for hydroxylation is 1. The van der Waals surface area contributed by atoms with E-state index in [4.69, 9.17) is 15.0 Å². The zero-order chi connectivity index (χ0) is 84.0. The van der Waals surface area contributed by atoms with Gasteiger partial charge in [0.25, 0.3) is 0 Å². The summed E-state index contributed by atoms with van der Waals surface area (Å²) in [5.41, 5.74) is 34.1. The van der Waals surface area contributed by atoms with Gasteiger partial charge in [0, 0.05) is 103 Å². The standard InChI is InChI=1S/2C41H26N2S.C36H24N2S/c1-2-12-27(13-3-1)36-26-35(41-40(42-36)34-20-6-9-23-39(34)44-41)30-16-10-14-28(24-30)29-15-11-17-31(25-29)43-37-21-7-4-18-32(37)33-19-5-8-22-38(33)43;1-2-10-27(11-3-1)36-21-23-40-41(42-36)35-26-31(20-22-39(35)44-40)29-13-8-12-28(24-29)30-14-9-15-32(25-30)43-37-18-6-4-16-33(37)34-17-5-7-19-38(34)43;1-23-19-27(22-31-35-34(39-36(23)31)17-8-18-37-35)25-10-6-9-24(20-25)26-11-7-12-28(21-26)38-32-15-4-2-13-29(32)30-14-3-5-16-33(30)38/h2*1-26H;2-22H,1H3. The third-order valence-electron chi connectivity index (χ3n) is 24.9. The second-order valence-corrected chi connectivity index (χ2v) is 35.7. The lowest BCUT2D eigenvalue weighted by molar-refractivity contribution is 1.18. The van der Waals surface area contributed by atoms with Crippen molar-refractivity contribution in [3.8, 4) is 106 Å². The monoisotopic (exact) mass is 1670 g/mol. The molecule has 0 spiro atoms. The van der Waals surface area contributed by atoms with Gasteiger partial charge >= 0.3 is 0 Å². The van der Waals surface area contributed by atoms with Crippen molar-refractivity contribution < 1.29 is 0 Å². The van der Waals surface area contributed by atoms with Crippen molar-refractivity contribution in [2.45, 2.75) is 6.92 Å². The quantitative estimate of drug-likeness (QED) is 0.130. The molecular weight excluding hydrogens is 1600 g/mol. The third-order valence-corrected chi connectivity index (χ3v) is 28.5. The van der Waals surface area contributed by atoms with Crippen LogP contribution in [0.15, 0.2) is 443 Å². The molecule has 0 fully saturated rings. The number of hydrogen-bond donors (Lipinski definition) is 0. The highest BCUT2D eigenvalue weighted by molar-refractivity contribution is 7.27. The third kappa shape index (κ3) is 13.4. The topological polar surface area (TPSA) is 53.5 Å². The summed E-state index contributed by atoms with van der Waals surface area (Å²) in [7, 11) is 0. The predicted molar refractivity (Wildman–Crippen MR) is 543 cm³/mol. The predicted octanol–water partition coefficient (Wildman–Crippen LogP) is 33.3. The Kier molecular flexibility index (Phi) is 18.6. The highest BCUT2D eigenvalue weighted by Crippen LogP contribution is 2.46. The molecule has 17 aromatic carbocycles. The molecule has 0 aliphatic carbocycles. The van der Waals surface area contributed by atoms with Crippen LogP contribution in [0.5, 0.6) is 0 Å². The molecule has 0 aliphatic rings. The van der Waals surface area contributed by atoms with Crippen LogP contribution >= 0.6 is 34.0 Å². The van der Waals surface area contributed by atoms with E-state index in [1.807, 2.05) is 41.0 Å². The largest absolute Gasteiger partial charge is 0.309 e. The molecule has 0 atom stereocenters. The second-order valence-electron chi connectivity index (χ2n) is 32.5. The molecule has 596 valence electrons. The maximum absolute atomic E-state index is 5.20. The Morgan fingerprint density at radius 3 is 1.04 bits per heavy atom. The summed E-state index contributed by atoms with van der Waals surface area (Å²) in [6.07, 6.45) is 1.89. The van der Waals surface area contributed by atoms with Crippen molar-refractivity contribution in [3.05, 3.63) is 449 Å². The Labute approximate surface area is 745 Å². The molecule has 0 saturated carbocycles. The molecule has 0 bridgehead atoms. The van der Waals surface area contributed by atoms with E-state index in [0.717, 1.165) is 50.4 Å². The molecule has 6 nitrogen and oxygen atoms in total. The highest BCUT2D eigenvalue weighted by atomic mass is 32.1. The summed E-state index contributed by atoms with van der Waals surface area (Å²) in [6, 6.07) is 157. The first-order valence-corrected chi connectivity index (χ1v) is 45.4. The molecule has 0 aliphatic heterocycles. The van der Waals surface area contributed by atoms with E-state index in [1.54, 1.807) is 11.3 Å². The first-order chi connectivity index (χ1) is 62.9. The van der Waals surface area contributed by atoms with E-state index in [1.165, 1.54) is 188 Å². The minimum absolute atomic E-state index is 0.996.